The van der Waals surface area contributed by atoms with Crippen molar-refractivity contribution in [2.75, 3.05) is 0 Å². The first kappa shape index (κ1) is 20.9. The van der Waals surface area contributed by atoms with Crippen LogP contribution in [0, 0.1) is 12.3 Å². The normalized spacial score (nSPS) is 18.2. The zero-order chi connectivity index (χ0) is 20.8. The van der Waals surface area contributed by atoms with Crippen LogP contribution in [0.5, 0.6) is 0 Å². The predicted molar refractivity (Wildman–Crippen MR) is 117 cm³/mol. The van der Waals surface area contributed by atoms with Gasteiger partial charge < -0.3 is 9.88 Å². The Bertz CT molecular complexity index is 962. The van der Waals surface area contributed by atoms with E-state index in [0.29, 0.717) is 0 Å². The van der Waals surface area contributed by atoms with E-state index in [2.05, 4.69) is 11.2 Å². The average Bonchev–Trinajstić information content (AvgIpc) is 3.20. The van der Waals surface area contributed by atoms with Gasteiger partial charge in [-0.2, -0.15) is 0 Å². The first-order chi connectivity index (χ1) is 14.2. The number of nitrogens with zero attached hydrogens (tertiary/aromatic N) is 1. The summed E-state index contributed by atoms with van der Waals surface area (Å²) in [7, 11) is 0. The minimum absolute atomic E-state index is 0.0665. The van der Waals surface area contributed by atoms with Gasteiger partial charge in [0.15, 0.2) is 0 Å². The van der Waals surface area contributed by atoms with Gasteiger partial charge in [-0.15, -0.1) is 6.42 Å². The number of terminal acetylenes is 1. The Morgan fingerprint density at radius 1 is 1.10 bits per heavy atom. The van der Waals surface area contributed by atoms with E-state index in [0.717, 1.165) is 55.2 Å². The molecule has 2 aliphatic rings. The number of carbonyl (C=O) groups excluding carboxylic acids is 1. The lowest BCUT2D eigenvalue weighted by Gasteiger charge is -2.23. The molecule has 1 atom stereocenters. The highest BCUT2D eigenvalue weighted by Crippen LogP contribution is 2.35. The van der Waals surface area contributed by atoms with Gasteiger partial charge in [-0.05, 0) is 55.0 Å². The molecule has 0 aliphatic heterocycles. The van der Waals surface area contributed by atoms with Crippen molar-refractivity contribution in [1.29, 1.82) is 0 Å². The standard InChI is InChI=1S/C23H24N2O2.C2H6/c1-2-16-8-6-11-19-18(16)13-14-21(19)25-15-7-12-20(23(25)27)22(26)24-17-9-4-3-5-10-17;1-2/h1,6-8,11-12,15,17,21H,3-5,9-10,13-14H2,(H,24,26);1-2H3. The number of hydrogen-bond acceptors (Lipinski definition) is 2. The van der Waals surface area contributed by atoms with Gasteiger partial charge >= 0.3 is 0 Å². The number of carbonyl (C=O) groups is 1. The number of rotatable bonds is 3. The van der Waals surface area contributed by atoms with Crippen LogP contribution in [0.1, 0.15) is 85.5 Å². The van der Waals surface area contributed by atoms with Gasteiger partial charge in [-0.3, -0.25) is 9.59 Å². The maximum Gasteiger partial charge on any atom is 0.263 e. The summed E-state index contributed by atoms with van der Waals surface area (Å²) in [5.41, 5.74) is 3.14. The molecule has 2 aromatic rings. The van der Waals surface area contributed by atoms with Gasteiger partial charge in [0, 0.05) is 17.8 Å². The highest BCUT2D eigenvalue weighted by atomic mass is 16.2. The summed E-state index contributed by atoms with van der Waals surface area (Å²) in [5, 5.41) is 3.05. The molecule has 2 aliphatic carbocycles. The maximum atomic E-state index is 13.1. The minimum Gasteiger partial charge on any atom is -0.349 e. The number of amides is 1. The molecule has 0 radical (unpaired) electrons. The summed E-state index contributed by atoms with van der Waals surface area (Å²) in [6.45, 7) is 4.00. The second-order valence-electron chi connectivity index (χ2n) is 7.51. The van der Waals surface area contributed by atoms with Crippen molar-refractivity contribution in [3.63, 3.8) is 0 Å². The van der Waals surface area contributed by atoms with Crippen LogP contribution in [0.3, 0.4) is 0 Å². The molecule has 1 aromatic carbocycles. The summed E-state index contributed by atoms with van der Waals surface area (Å²) in [6, 6.07) is 9.46. The molecule has 4 nitrogen and oxygen atoms in total. The highest BCUT2D eigenvalue weighted by molar-refractivity contribution is 5.94. The van der Waals surface area contributed by atoms with Crippen molar-refractivity contribution in [3.8, 4) is 12.3 Å². The molecule has 0 spiro atoms. The number of nitrogens with one attached hydrogen (secondary N) is 1. The van der Waals surface area contributed by atoms with E-state index >= 15 is 0 Å². The Labute approximate surface area is 173 Å². The largest absolute Gasteiger partial charge is 0.349 e. The minimum atomic E-state index is -0.253. The fraction of sp³-hybridized carbons (Fsp3) is 0.440. The van der Waals surface area contributed by atoms with E-state index in [4.69, 9.17) is 6.42 Å². The third-order valence-corrected chi connectivity index (χ3v) is 5.89. The lowest BCUT2D eigenvalue weighted by molar-refractivity contribution is 0.0925. The number of hydrogen-bond donors (Lipinski definition) is 1. The summed E-state index contributed by atoms with van der Waals surface area (Å²) < 4.78 is 1.70. The van der Waals surface area contributed by atoms with Gasteiger partial charge in [0.1, 0.15) is 5.56 Å². The van der Waals surface area contributed by atoms with E-state index in [9.17, 15) is 9.59 Å². The molecule has 0 saturated heterocycles. The van der Waals surface area contributed by atoms with Gasteiger partial charge in [0.25, 0.3) is 11.5 Å². The topological polar surface area (TPSA) is 51.1 Å². The summed E-state index contributed by atoms with van der Waals surface area (Å²) in [4.78, 5) is 25.8. The Balaban J connectivity index is 0.00000117. The Morgan fingerprint density at radius 2 is 1.86 bits per heavy atom. The van der Waals surface area contributed by atoms with Crippen LogP contribution >= 0.6 is 0 Å². The maximum absolute atomic E-state index is 13.1. The molecule has 152 valence electrons. The molecule has 0 bridgehead atoms. The Kier molecular flexibility index (Phi) is 6.93. The second-order valence-corrected chi connectivity index (χ2v) is 7.51. The zero-order valence-corrected chi connectivity index (χ0v) is 17.4. The van der Waals surface area contributed by atoms with E-state index in [1.165, 1.54) is 6.42 Å². The van der Waals surface area contributed by atoms with Crippen molar-refractivity contribution >= 4 is 5.91 Å². The van der Waals surface area contributed by atoms with Gasteiger partial charge in [0.2, 0.25) is 0 Å². The quantitative estimate of drug-likeness (QED) is 0.787. The fourth-order valence-corrected chi connectivity index (χ4v) is 4.49. The molecule has 4 heteroatoms. The molecular weight excluding hydrogens is 360 g/mol. The molecular formula is C25H30N2O2. The van der Waals surface area contributed by atoms with Crippen molar-refractivity contribution in [3.05, 3.63) is 69.1 Å². The van der Waals surface area contributed by atoms with Gasteiger partial charge in [-0.25, -0.2) is 0 Å². The molecule has 1 fully saturated rings. The number of pyridine rings is 1. The summed E-state index contributed by atoms with van der Waals surface area (Å²) in [5.74, 6) is 2.48. The van der Waals surface area contributed by atoms with Crippen molar-refractivity contribution < 1.29 is 4.79 Å². The van der Waals surface area contributed by atoms with Crippen molar-refractivity contribution in [2.45, 2.75) is 70.9 Å². The van der Waals surface area contributed by atoms with E-state index < -0.39 is 0 Å². The van der Waals surface area contributed by atoms with Crippen LogP contribution in [0.2, 0.25) is 0 Å². The lowest BCUT2D eigenvalue weighted by Crippen LogP contribution is -2.40. The molecule has 1 amide bonds. The SMILES string of the molecule is C#Cc1cccc2c1CCC2n1cccc(C(=O)NC2CCCCC2)c1=O.CC. The number of aromatic nitrogens is 1. The second kappa shape index (κ2) is 9.60. The Morgan fingerprint density at radius 3 is 2.59 bits per heavy atom. The van der Waals surface area contributed by atoms with Crippen LogP contribution in [0.4, 0.5) is 0 Å². The molecule has 4 rings (SSSR count). The predicted octanol–water partition coefficient (Wildman–Crippen LogP) is 4.45. The van der Waals surface area contributed by atoms with Crippen molar-refractivity contribution in [1.82, 2.24) is 9.88 Å². The molecule has 1 unspecified atom stereocenters. The smallest absolute Gasteiger partial charge is 0.263 e. The van der Waals surface area contributed by atoms with Crippen LogP contribution in [0.25, 0.3) is 0 Å². The third kappa shape index (κ3) is 4.29. The lowest BCUT2D eigenvalue weighted by atomic mass is 9.95. The molecule has 1 aromatic heterocycles. The molecule has 1 heterocycles. The van der Waals surface area contributed by atoms with Crippen molar-refractivity contribution in [2.24, 2.45) is 0 Å². The van der Waals surface area contributed by atoms with Gasteiger partial charge in [-0.1, -0.05) is 51.2 Å². The third-order valence-electron chi connectivity index (χ3n) is 5.89. The average molecular weight is 391 g/mol. The summed E-state index contributed by atoms with van der Waals surface area (Å²) >= 11 is 0. The van der Waals surface area contributed by atoms with Crippen LogP contribution < -0.4 is 10.9 Å². The zero-order valence-electron chi connectivity index (χ0n) is 17.4. The first-order valence-electron chi connectivity index (χ1n) is 10.8. The van der Waals surface area contributed by atoms with E-state index in [1.807, 2.05) is 32.0 Å². The Hall–Kier alpha value is -2.80. The van der Waals surface area contributed by atoms with E-state index in [1.54, 1.807) is 22.9 Å². The number of benzene rings is 1. The molecule has 1 N–H and O–H groups in total. The van der Waals surface area contributed by atoms with E-state index in [-0.39, 0.29) is 29.1 Å². The van der Waals surface area contributed by atoms with Crippen LogP contribution in [0.15, 0.2) is 41.3 Å². The summed E-state index contributed by atoms with van der Waals surface area (Å²) in [6.07, 6.45) is 14.6. The van der Waals surface area contributed by atoms with Crippen LogP contribution in [-0.4, -0.2) is 16.5 Å². The fourth-order valence-electron chi connectivity index (χ4n) is 4.49. The highest BCUT2D eigenvalue weighted by Gasteiger charge is 2.27. The monoisotopic (exact) mass is 390 g/mol. The van der Waals surface area contributed by atoms with Crippen LogP contribution in [-0.2, 0) is 6.42 Å². The van der Waals surface area contributed by atoms with Gasteiger partial charge in [0.05, 0.1) is 6.04 Å². The number of fused-ring (bicyclic) bond motifs is 1. The molecule has 29 heavy (non-hydrogen) atoms. The first-order valence-corrected chi connectivity index (χ1v) is 10.8. The molecule has 1 saturated carbocycles.